The molecule has 1 atom stereocenters. The van der Waals surface area contributed by atoms with Crippen LogP contribution < -0.4 is 5.32 Å². The molecule has 1 nitrogen and oxygen atoms in total. The summed E-state index contributed by atoms with van der Waals surface area (Å²) < 4.78 is -0.296. The van der Waals surface area contributed by atoms with E-state index in [4.69, 9.17) is 24.2 Å². The number of thiol groups is 1. The number of hydrogen-bond acceptors (Lipinski definition) is 3. The van der Waals surface area contributed by atoms with Gasteiger partial charge in [0.15, 0.2) is 0 Å². The van der Waals surface area contributed by atoms with Crippen molar-refractivity contribution >= 4 is 42.5 Å². The zero-order valence-corrected chi connectivity index (χ0v) is 8.09. The molecule has 4 heteroatoms. The lowest BCUT2D eigenvalue weighted by Gasteiger charge is -2.19. The molecule has 0 radical (unpaired) electrons. The minimum absolute atomic E-state index is 0.296. The van der Waals surface area contributed by atoms with Crippen LogP contribution in [0.2, 0.25) is 5.02 Å². The van der Waals surface area contributed by atoms with Crippen LogP contribution >= 0.6 is 24.2 Å². The first-order valence-corrected chi connectivity index (χ1v) is 4.41. The molecule has 0 aliphatic rings. The second-order valence-electron chi connectivity index (χ2n) is 1.98. The van der Waals surface area contributed by atoms with E-state index < -0.39 is 0 Å². The van der Waals surface area contributed by atoms with E-state index in [1.54, 1.807) is 6.07 Å². The van der Waals surface area contributed by atoms with Crippen molar-refractivity contribution < 1.29 is 0 Å². The number of anilines is 1. The quantitative estimate of drug-likeness (QED) is 0.436. The van der Waals surface area contributed by atoms with E-state index in [-0.39, 0.29) is 4.71 Å². The van der Waals surface area contributed by atoms with Crippen molar-refractivity contribution in [1.82, 2.24) is 0 Å². The van der Waals surface area contributed by atoms with Crippen LogP contribution in [0.3, 0.4) is 0 Å². The maximum Gasteiger partial charge on any atom is 0.0637 e. The second kappa shape index (κ2) is 4.14. The van der Waals surface area contributed by atoms with Gasteiger partial charge in [-0.05, 0) is 16.8 Å². The fraction of sp³-hybridized carbons (Fsp3) is 0.143. The van der Waals surface area contributed by atoms with Crippen molar-refractivity contribution in [2.75, 3.05) is 5.32 Å². The molecular weight excluding hydrogens is 198 g/mol. The van der Waals surface area contributed by atoms with Crippen molar-refractivity contribution in [2.45, 2.75) is 4.71 Å². The molecule has 0 saturated heterocycles. The fourth-order valence-electron chi connectivity index (χ4n) is 0.711. The van der Waals surface area contributed by atoms with E-state index >= 15 is 0 Å². The highest BCUT2D eigenvalue weighted by atomic mass is 35.5. The number of benzene rings is 1. The maximum absolute atomic E-state index is 5.83. The van der Waals surface area contributed by atoms with Crippen LogP contribution in [0.1, 0.15) is 0 Å². The van der Waals surface area contributed by atoms with Crippen LogP contribution in [0, 0.1) is 0 Å². The first-order chi connectivity index (χ1) is 5.20. The van der Waals surface area contributed by atoms with Crippen LogP contribution in [-0.4, -0.2) is 4.71 Å². The number of para-hydroxylation sites is 1. The molecule has 60 valence electrons. The van der Waals surface area contributed by atoms with Crippen LogP contribution in [-0.2, 0) is 12.6 Å². The van der Waals surface area contributed by atoms with Gasteiger partial charge in [-0.3, -0.25) is 0 Å². The molecule has 0 aliphatic heterocycles. The Morgan fingerprint density at radius 2 is 2.09 bits per heavy atom. The van der Waals surface area contributed by atoms with Gasteiger partial charge in [0.2, 0.25) is 0 Å². The van der Waals surface area contributed by atoms with Gasteiger partial charge in [-0.15, -0.1) is 0 Å². The normalized spacial score (nSPS) is 12.6. The molecule has 0 saturated carbocycles. The van der Waals surface area contributed by atoms with Gasteiger partial charge in [-0.25, -0.2) is 0 Å². The second-order valence-corrected chi connectivity index (χ2v) is 3.72. The van der Waals surface area contributed by atoms with E-state index in [2.05, 4.69) is 17.9 Å². The fourth-order valence-corrected chi connectivity index (χ4v) is 1.17. The highest BCUT2D eigenvalue weighted by molar-refractivity contribution is 7.91. The summed E-state index contributed by atoms with van der Waals surface area (Å²) in [5, 5.41) is 3.58. The third-order valence-electron chi connectivity index (χ3n) is 1.15. The van der Waals surface area contributed by atoms with E-state index in [0.717, 1.165) is 5.69 Å². The number of hydrogen-bond donors (Lipinski definition) is 2. The largest absolute Gasteiger partial charge is 0.758 e. The maximum atomic E-state index is 5.83. The van der Waals surface area contributed by atoms with Crippen LogP contribution in [0.15, 0.2) is 24.3 Å². The summed E-state index contributed by atoms with van der Waals surface area (Å²) in [6.45, 7) is 0. The Hall–Kier alpha value is 0.01000. The van der Waals surface area contributed by atoms with Gasteiger partial charge in [0, 0.05) is 0 Å². The van der Waals surface area contributed by atoms with Gasteiger partial charge in [0.1, 0.15) is 0 Å². The van der Waals surface area contributed by atoms with Gasteiger partial charge in [-0.1, -0.05) is 23.7 Å². The molecule has 0 fully saturated rings. The van der Waals surface area contributed by atoms with Crippen LogP contribution in [0.4, 0.5) is 5.69 Å². The molecule has 11 heavy (non-hydrogen) atoms. The molecule has 1 aromatic rings. The summed E-state index contributed by atoms with van der Waals surface area (Å²) in [6, 6.07) is 7.41. The van der Waals surface area contributed by atoms with Gasteiger partial charge in [-0.2, -0.15) is 12.6 Å². The zero-order chi connectivity index (χ0) is 8.27. The van der Waals surface area contributed by atoms with Crippen molar-refractivity contribution in [3.05, 3.63) is 29.3 Å². The summed E-state index contributed by atoms with van der Waals surface area (Å²) in [4.78, 5) is 0. The summed E-state index contributed by atoms with van der Waals surface area (Å²) in [7, 11) is 0. The highest BCUT2D eigenvalue weighted by Crippen LogP contribution is 2.21. The molecule has 0 aliphatic carbocycles. The predicted molar refractivity (Wildman–Crippen MR) is 55.2 cm³/mol. The monoisotopic (exact) mass is 204 g/mol. The predicted octanol–water partition coefficient (Wildman–Crippen LogP) is 2.51. The van der Waals surface area contributed by atoms with Gasteiger partial charge >= 0.3 is 0 Å². The third-order valence-corrected chi connectivity index (χ3v) is 1.73. The van der Waals surface area contributed by atoms with Crippen molar-refractivity contribution in [1.29, 1.82) is 0 Å². The number of nitrogens with one attached hydrogen (secondary N) is 1. The minimum Gasteiger partial charge on any atom is -0.758 e. The topological polar surface area (TPSA) is 12.0 Å². The molecule has 1 aromatic carbocycles. The molecule has 0 heterocycles. The summed E-state index contributed by atoms with van der Waals surface area (Å²) in [6.07, 6.45) is 0. The molecule has 0 amide bonds. The number of rotatable bonds is 2. The minimum atomic E-state index is -0.296. The summed E-state index contributed by atoms with van der Waals surface area (Å²) in [5.41, 5.74) is 0.823. The third kappa shape index (κ3) is 2.85. The molecule has 1 unspecified atom stereocenters. The van der Waals surface area contributed by atoms with Crippen molar-refractivity contribution in [2.24, 2.45) is 0 Å². The Morgan fingerprint density at radius 3 is 2.64 bits per heavy atom. The van der Waals surface area contributed by atoms with Crippen molar-refractivity contribution in [3.63, 3.8) is 0 Å². The molecule has 1 N–H and O–H groups in total. The Balaban J connectivity index is 2.78. The lowest BCUT2D eigenvalue weighted by Crippen LogP contribution is -2.07. The lowest BCUT2D eigenvalue weighted by molar-refractivity contribution is 1.41. The van der Waals surface area contributed by atoms with Gasteiger partial charge in [0.25, 0.3) is 0 Å². The van der Waals surface area contributed by atoms with E-state index in [1.807, 2.05) is 18.2 Å². The first-order valence-electron chi connectivity index (χ1n) is 3.05. The van der Waals surface area contributed by atoms with Crippen LogP contribution in [0.25, 0.3) is 0 Å². The lowest BCUT2D eigenvalue weighted by atomic mass is 10.3. The SMILES string of the molecule is [S-]C(S)Nc1ccccc1Cl. The first kappa shape index (κ1) is 9.10. The van der Waals surface area contributed by atoms with E-state index in [1.165, 1.54) is 0 Å². The Morgan fingerprint density at radius 1 is 1.45 bits per heavy atom. The molecule has 0 aromatic heterocycles. The van der Waals surface area contributed by atoms with Gasteiger partial charge in [0.05, 0.1) is 10.7 Å². The summed E-state index contributed by atoms with van der Waals surface area (Å²) >= 11 is 14.6. The summed E-state index contributed by atoms with van der Waals surface area (Å²) in [5.74, 6) is 0. The molecule has 1 rings (SSSR count). The Labute approximate surface area is 82.0 Å². The van der Waals surface area contributed by atoms with Crippen molar-refractivity contribution in [3.8, 4) is 0 Å². The standard InChI is InChI=1S/C7H8ClNS2/c8-5-3-1-2-4-6(5)9-7(10)11/h1-4,7,9-11H/p-1. The molecule has 0 spiro atoms. The smallest absolute Gasteiger partial charge is 0.0637 e. The van der Waals surface area contributed by atoms with E-state index in [9.17, 15) is 0 Å². The molecular formula is C7H7ClNS2-. The average molecular weight is 205 g/mol. The zero-order valence-electron chi connectivity index (χ0n) is 5.62. The Kier molecular flexibility index (Phi) is 3.43. The molecule has 0 bridgehead atoms. The highest BCUT2D eigenvalue weighted by Gasteiger charge is 1.95. The van der Waals surface area contributed by atoms with Gasteiger partial charge < -0.3 is 17.9 Å². The average Bonchev–Trinajstić information content (AvgIpc) is 1.93. The van der Waals surface area contributed by atoms with E-state index in [0.29, 0.717) is 5.02 Å². The van der Waals surface area contributed by atoms with Crippen LogP contribution in [0.5, 0.6) is 0 Å². The number of halogens is 1. The Bertz CT molecular complexity index is 240.